The Hall–Kier alpha value is -1.39. The van der Waals surface area contributed by atoms with Crippen LogP contribution < -0.4 is 0 Å². The number of carbonyl (C=O) groups is 1. The van der Waals surface area contributed by atoms with E-state index in [-0.39, 0.29) is 9.88 Å². The van der Waals surface area contributed by atoms with Gasteiger partial charge in [0.15, 0.2) is 0 Å². The summed E-state index contributed by atoms with van der Waals surface area (Å²) in [6, 6.07) is 0. The number of sulfonamides is 1. The first-order chi connectivity index (χ1) is 12.3. The number of nitrogens with zero attached hydrogens (tertiary/aromatic N) is 1. The molecule has 164 valence electrons. The fraction of sp³-hybridized carbons (Fsp3) is 0.750. The van der Waals surface area contributed by atoms with Gasteiger partial charge < -0.3 is 4.74 Å². The molecule has 1 heterocycles. The summed E-state index contributed by atoms with van der Waals surface area (Å²) in [5.74, 6) is -7.86. The molecular formula is C12H15F6NO7S2. The number of hydrogen-bond acceptors (Lipinski definition) is 6. The molecule has 0 aliphatic carbocycles. The second-order valence-electron chi connectivity index (χ2n) is 5.87. The lowest BCUT2D eigenvalue weighted by Gasteiger charge is -2.36. The standard InChI is InChI=1S/C12H15F6NO7S2/c1-7(2)9(20)26-8-3-5-19(6-4-8)27(21,22)11(15,16)10(13,14)12(17,18)28(23,24)25/h8H,1,3-6H2,2H3,(H,23,24,25). The van der Waals surface area contributed by atoms with Gasteiger partial charge in [-0.25, -0.2) is 13.2 Å². The molecule has 1 saturated heterocycles. The van der Waals surface area contributed by atoms with Crippen LogP contribution >= 0.6 is 0 Å². The summed E-state index contributed by atoms with van der Waals surface area (Å²) in [7, 11) is -13.6. The van der Waals surface area contributed by atoms with Gasteiger partial charge in [-0.2, -0.15) is 39.1 Å². The highest BCUT2D eigenvalue weighted by atomic mass is 32.2. The smallest absolute Gasteiger partial charge is 0.439 e. The number of carbonyl (C=O) groups excluding carboxylic acids is 1. The van der Waals surface area contributed by atoms with Crippen LogP contribution in [0.15, 0.2) is 12.2 Å². The van der Waals surface area contributed by atoms with Gasteiger partial charge in [0, 0.05) is 18.7 Å². The Morgan fingerprint density at radius 1 is 1.04 bits per heavy atom. The van der Waals surface area contributed by atoms with Gasteiger partial charge in [0.25, 0.3) is 10.0 Å². The number of halogens is 6. The summed E-state index contributed by atoms with van der Waals surface area (Å²) in [6.45, 7) is 2.76. The van der Waals surface area contributed by atoms with Crippen LogP contribution in [0.4, 0.5) is 26.3 Å². The maximum absolute atomic E-state index is 13.9. The lowest BCUT2D eigenvalue weighted by molar-refractivity contribution is -0.247. The van der Waals surface area contributed by atoms with Gasteiger partial charge in [-0.1, -0.05) is 6.58 Å². The number of alkyl halides is 6. The van der Waals surface area contributed by atoms with Crippen molar-refractivity contribution in [1.82, 2.24) is 4.31 Å². The predicted octanol–water partition coefficient (Wildman–Crippen LogP) is 1.61. The highest BCUT2D eigenvalue weighted by Gasteiger charge is 2.82. The molecule has 28 heavy (non-hydrogen) atoms. The van der Waals surface area contributed by atoms with Crippen LogP contribution in [0.25, 0.3) is 0 Å². The maximum atomic E-state index is 13.9. The van der Waals surface area contributed by atoms with Gasteiger partial charge in [0.1, 0.15) is 6.10 Å². The minimum atomic E-state index is -7.08. The molecule has 0 bridgehead atoms. The third kappa shape index (κ3) is 3.99. The molecule has 1 rings (SSSR count). The summed E-state index contributed by atoms with van der Waals surface area (Å²) < 4.78 is 138. The molecule has 1 aliphatic heterocycles. The van der Waals surface area contributed by atoms with Crippen LogP contribution in [0.2, 0.25) is 0 Å². The van der Waals surface area contributed by atoms with Gasteiger partial charge >= 0.3 is 32.5 Å². The second-order valence-corrected chi connectivity index (χ2v) is 9.31. The molecule has 0 amide bonds. The van der Waals surface area contributed by atoms with Crippen molar-refractivity contribution in [3.8, 4) is 0 Å². The lowest BCUT2D eigenvalue weighted by atomic mass is 10.1. The van der Waals surface area contributed by atoms with E-state index in [1.165, 1.54) is 6.92 Å². The molecule has 0 aromatic rings. The summed E-state index contributed by atoms with van der Waals surface area (Å²) >= 11 is 0. The monoisotopic (exact) mass is 463 g/mol. The lowest BCUT2D eigenvalue weighted by Crippen LogP contribution is -2.63. The average Bonchev–Trinajstić information content (AvgIpc) is 2.53. The van der Waals surface area contributed by atoms with E-state index in [4.69, 9.17) is 9.29 Å². The van der Waals surface area contributed by atoms with Crippen molar-refractivity contribution in [3.63, 3.8) is 0 Å². The largest absolute Gasteiger partial charge is 0.459 e. The number of hydrogen-bond donors (Lipinski definition) is 1. The van der Waals surface area contributed by atoms with E-state index in [0.29, 0.717) is 0 Å². The van der Waals surface area contributed by atoms with Crippen molar-refractivity contribution in [3.05, 3.63) is 12.2 Å². The Morgan fingerprint density at radius 3 is 1.82 bits per heavy atom. The average molecular weight is 463 g/mol. The molecule has 1 fully saturated rings. The van der Waals surface area contributed by atoms with Crippen LogP contribution in [0.5, 0.6) is 0 Å². The minimum absolute atomic E-state index is 0.0197. The molecule has 0 aromatic heterocycles. The van der Waals surface area contributed by atoms with Crippen molar-refractivity contribution in [2.24, 2.45) is 0 Å². The molecule has 0 unspecified atom stereocenters. The molecule has 8 nitrogen and oxygen atoms in total. The highest BCUT2D eigenvalue weighted by Crippen LogP contribution is 2.51. The molecule has 0 aromatic carbocycles. The zero-order valence-electron chi connectivity index (χ0n) is 14.0. The fourth-order valence-corrected chi connectivity index (χ4v) is 4.08. The van der Waals surface area contributed by atoms with Gasteiger partial charge in [0.05, 0.1) is 0 Å². The van der Waals surface area contributed by atoms with Crippen LogP contribution in [0, 0.1) is 0 Å². The normalized spacial score (nSPS) is 18.7. The van der Waals surface area contributed by atoms with Gasteiger partial charge in [-0.05, 0) is 19.8 Å². The molecule has 1 N–H and O–H groups in total. The van der Waals surface area contributed by atoms with E-state index in [2.05, 4.69) is 6.58 Å². The fourth-order valence-electron chi connectivity index (χ4n) is 2.10. The Labute approximate surface area is 155 Å². The third-order valence-electron chi connectivity index (χ3n) is 3.74. The number of rotatable bonds is 7. The summed E-state index contributed by atoms with van der Waals surface area (Å²) in [6.07, 6.45) is -1.81. The van der Waals surface area contributed by atoms with Crippen LogP contribution in [-0.2, 0) is 29.7 Å². The Morgan fingerprint density at radius 2 is 1.46 bits per heavy atom. The number of esters is 1. The highest BCUT2D eigenvalue weighted by molar-refractivity contribution is 7.90. The van der Waals surface area contributed by atoms with Crippen LogP contribution in [0.3, 0.4) is 0 Å². The van der Waals surface area contributed by atoms with Crippen LogP contribution in [-0.4, -0.2) is 67.3 Å². The predicted molar refractivity (Wildman–Crippen MR) is 80.8 cm³/mol. The molecule has 0 atom stereocenters. The van der Waals surface area contributed by atoms with E-state index < -0.39 is 74.6 Å². The molecule has 0 saturated carbocycles. The first-order valence-electron chi connectivity index (χ1n) is 7.27. The summed E-state index contributed by atoms with van der Waals surface area (Å²) in [4.78, 5) is 11.3. The molecule has 0 spiro atoms. The molecule has 1 aliphatic rings. The maximum Gasteiger partial charge on any atom is 0.439 e. The van der Waals surface area contributed by atoms with E-state index in [1.807, 2.05) is 0 Å². The molecule has 16 heteroatoms. The topological polar surface area (TPSA) is 118 Å². The quantitative estimate of drug-likeness (QED) is 0.264. The van der Waals surface area contributed by atoms with Gasteiger partial charge in [-0.3, -0.25) is 4.55 Å². The van der Waals surface area contributed by atoms with Crippen molar-refractivity contribution in [2.45, 2.75) is 42.3 Å². The minimum Gasteiger partial charge on any atom is -0.459 e. The van der Waals surface area contributed by atoms with E-state index in [0.717, 1.165) is 0 Å². The van der Waals surface area contributed by atoms with Crippen molar-refractivity contribution < 1.29 is 57.3 Å². The van der Waals surface area contributed by atoms with Crippen molar-refractivity contribution in [2.75, 3.05) is 13.1 Å². The zero-order chi connectivity index (χ0) is 22.3. The Kier molecular flexibility index (Phi) is 6.56. The second kappa shape index (κ2) is 7.46. The third-order valence-corrected chi connectivity index (χ3v) is 6.60. The van der Waals surface area contributed by atoms with E-state index in [9.17, 15) is 48.0 Å². The zero-order valence-corrected chi connectivity index (χ0v) is 15.7. The first-order valence-corrected chi connectivity index (χ1v) is 10.2. The van der Waals surface area contributed by atoms with E-state index in [1.54, 1.807) is 0 Å². The van der Waals surface area contributed by atoms with Gasteiger partial charge in [0.2, 0.25) is 0 Å². The summed E-state index contributed by atoms with van der Waals surface area (Å²) in [5, 5.41) is -13.4. The van der Waals surface area contributed by atoms with Crippen LogP contribution in [0.1, 0.15) is 19.8 Å². The molecular weight excluding hydrogens is 448 g/mol. The summed E-state index contributed by atoms with van der Waals surface area (Å²) in [5.41, 5.74) is -0.0197. The van der Waals surface area contributed by atoms with Gasteiger partial charge in [-0.15, -0.1) is 0 Å². The molecule has 0 radical (unpaired) electrons. The van der Waals surface area contributed by atoms with Crippen molar-refractivity contribution >= 4 is 26.1 Å². The first kappa shape index (κ1) is 24.6. The number of piperidine rings is 1. The number of ether oxygens (including phenoxy) is 1. The van der Waals surface area contributed by atoms with E-state index >= 15 is 0 Å². The van der Waals surface area contributed by atoms with Crippen molar-refractivity contribution in [1.29, 1.82) is 0 Å². The Bertz CT molecular complexity index is 848. The SMILES string of the molecule is C=C(C)C(=O)OC1CCN(S(=O)(=O)C(F)(F)C(F)(F)C(F)(F)S(=O)(=O)O)CC1. The Balaban J connectivity index is 3.10.